The number of nitrogens with one attached hydrogen (secondary N) is 3. The van der Waals surface area contributed by atoms with Crippen molar-refractivity contribution in [2.24, 2.45) is 4.99 Å². The van der Waals surface area contributed by atoms with Gasteiger partial charge in [-0.15, -0.1) is 0 Å². The first-order chi connectivity index (χ1) is 8.20. The molecule has 6 nitrogen and oxygen atoms in total. The van der Waals surface area contributed by atoms with E-state index in [0.717, 1.165) is 6.54 Å². The maximum Gasteiger partial charge on any atom is 0.211 e. The predicted molar refractivity (Wildman–Crippen MR) is 76.3 cm³/mol. The van der Waals surface area contributed by atoms with Gasteiger partial charge < -0.3 is 10.6 Å². The van der Waals surface area contributed by atoms with Crippen LogP contribution in [0.25, 0.3) is 0 Å². The van der Waals surface area contributed by atoms with Gasteiger partial charge in [0.25, 0.3) is 0 Å². The van der Waals surface area contributed by atoms with Gasteiger partial charge in [0.15, 0.2) is 5.96 Å². The average Bonchev–Trinajstić information content (AvgIpc) is 2.22. The number of sulfonamides is 1. The Kier molecular flexibility index (Phi) is 7.23. The van der Waals surface area contributed by atoms with Crippen LogP contribution < -0.4 is 15.4 Å². The first kappa shape index (κ1) is 17.2. The molecule has 0 spiro atoms. The van der Waals surface area contributed by atoms with Gasteiger partial charge >= 0.3 is 0 Å². The van der Waals surface area contributed by atoms with Crippen LogP contribution in [-0.4, -0.2) is 45.3 Å². The van der Waals surface area contributed by atoms with Gasteiger partial charge in [-0.2, -0.15) is 0 Å². The van der Waals surface area contributed by atoms with Gasteiger partial charge in [-0.25, -0.2) is 13.1 Å². The number of aliphatic imine (C=N–C) groups is 1. The molecule has 0 atom stereocenters. The van der Waals surface area contributed by atoms with Crippen LogP contribution in [0.4, 0.5) is 0 Å². The molecule has 0 heterocycles. The minimum atomic E-state index is -3.12. The zero-order valence-corrected chi connectivity index (χ0v) is 12.8. The predicted octanol–water partition coefficient (Wildman–Crippen LogP) is 0.279. The summed E-state index contributed by atoms with van der Waals surface area (Å²) in [5.74, 6) is 0.789. The minimum Gasteiger partial charge on any atom is -0.357 e. The first-order valence-corrected chi connectivity index (χ1v) is 7.89. The van der Waals surface area contributed by atoms with Crippen molar-refractivity contribution in [2.45, 2.75) is 40.2 Å². The van der Waals surface area contributed by atoms with Crippen molar-refractivity contribution in [3.63, 3.8) is 0 Å². The molecule has 18 heavy (non-hydrogen) atoms. The Morgan fingerprint density at radius 3 is 2.28 bits per heavy atom. The third-order valence-corrected chi connectivity index (χ3v) is 3.33. The average molecular weight is 278 g/mol. The lowest BCUT2D eigenvalue weighted by Gasteiger charge is -2.23. The van der Waals surface area contributed by atoms with Gasteiger partial charge in [0, 0.05) is 18.6 Å². The molecule has 0 aromatic heterocycles. The summed E-state index contributed by atoms with van der Waals surface area (Å²) in [7, 11) is -3.12. The second kappa shape index (κ2) is 7.58. The molecule has 0 aliphatic rings. The van der Waals surface area contributed by atoms with Gasteiger partial charge in [0.2, 0.25) is 10.0 Å². The molecule has 0 fully saturated rings. The summed E-state index contributed by atoms with van der Waals surface area (Å²) in [4.78, 5) is 4.30. The quantitative estimate of drug-likeness (QED) is 0.370. The Balaban J connectivity index is 4.25. The monoisotopic (exact) mass is 278 g/mol. The summed E-state index contributed by atoms with van der Waals surface area (Å²) in [5.41, 5.74) is -0.0794. The molecule has 108 valence electrons. The Labute approximate surface area is 111 Å². The Morgan fingerprint density at radius 2 is 1.83 bits per heavy atom. The summed E-state index contributed by atoms with van der Waals surface area (Å²) >= 11 is 0. The molecule has 0 aliphatic heterocycles. The summed E-state index contributed by atoms with van der Waals surface area (Å²) in [6, 6.07) is 0. The van der Waals surface area contributed by atoms with E-state index in [4.69, 9.17) is 0 Å². The van der Waals surface area contributed by atoms with Gasteiger partial charge in [0.1, 0.15) is 0 Å². The maximum absolute atomic E-state index is 11.2. The number of hydrogen-bond donors (Lipinski definition) is 3. The Morgan fingerprint density at radius 1 is 1.22 bits per heavy atom. The van der Waals surface area contributed by atoms with Gasteiger partial charge in [-0.05, 0) is 34.6 Å². The van der Waals surface area contributed by atoms with Gasteiger partial charge in [-0.1, -0.05) is 0 Å². The lowest BCUT2D eigenvalue weighted by atomic mass is 10.1. The second-order valence-corrected chi connectivity index (χ2v) is 7.03. The van der Waals surface area contributed by atoms with Crippen molar-refractivity contribution in [2.75, 3.05) is 25.4 Å². The fourth-order valence-electron chi connectivity index (χ4n) is 1.13. The summed E-state index contributed by atoms with van der Waals surface area (Å²) in [6.45, 7) is 11.2. The molecule has 0 saturated carbocycles. The topological polar surface area (TPSA) is 82.6 Å². The Hall–Kier alpha value is -0.820. The zero-order chi connectivity index (χ0) is 14.2. The molecule has 0 aromatic rings. The molecular weight excluding hydrogens is 252 g/mol. The Bertz CT molecular complexity index is 358. The van der Waals surface area contributed by atoms with E-state index in [2.05, 4.69) is 20.3 Å². The van der Waals surface area contributed by atoms with Gasteiger partial charge in [0.05, 0.1) is 12.3 Å². The first-order valence-electron chi connectivity index (χ1n) is 6.24. The van der Waals surface area contributed by atoms with E-state index in [1.807, 2.05) is 27.7 Å². The second-order valence-electron chi connectivity index (χ2n) is 4.93. The van der Waals surface area contributed by atoms with Crippen LogP contribution in [0.1, 0.15) is 34.6 Å². The van der Waals surface area contributed by atoms with Crippen LogP contribution >= 0.6 is 0 Å². The van der Waals surface area contributed by atoms with E-state index < -0.39 is 10.0 Å². The van der Waals surface area contributed by atoms with E-state index in [0.29, 0.717) is 19.0 Å². The van der Waals surface area contributed by atoms with Gasteiger partial charge in [-0.3, -0.25) is 4.99 Å². The van der Waals surface area contributed by atoms with Crippen LogP contribution in [0, 0.1) is 0 Å². The molecular formula is C11H26N4O2S. The summed E-state index contributed by atoms with van der Waals surface area (Å²) < 4.78 is 24.9. The minimum absolute atomic E-state index is 0.0794. The third-order valence-electron chi connectivity index (χ3n) is 1.92. The molecule has 0 aliphatic carbocycles. The fraction of sp³-hybridized carbons (Fsp3) is 0.909. The highest BCUT2D eigenvalue weighted by atomic mass is 32.2. The van der Waals surface area contributed by atoms with Crippen LogP contribution in [0.5, 0.6) is 0 Å². The lowest BCUT2D eigenvalue weighted by Crippen LogP contribution is -2.47. The van der Waals surface area contributed by atoms with Crippen LogP contribution in [0.3, 0.4) is 0 Å². The molecule has 0 radical (unpaired) electrons. The lowest BCUT2D eigenvalue weighted by molar-refractivity contribution is 0.501. The van der Waals surface area contributed by atoms with E-state index in [1.165, 1.54) is 0 Å². The zero-order valence-electron chi connectivity index (χ0n) is 12.0. The standard InChI is InChI=1S/C11H26N4O2S/c1-6-12-10(15-11(3,4)5)13-8-9-14-18(16,17)7-2/h14H,6-9H2,1-5H3,(H2,12,13,15). The van der Waals surface area contributed by atoms with Crippen molar-refractivity contribution in [1.82, 2.24) is 15.4 Å². The van der Waals surface area contributed by atoms with E-state index >= 15 is 0 Å². The van der Waals surface area contributed by atoms with Crippen molar-refractivity contribution >= 4 is 16.0 Å². The van der Waals surface area contributed by atoms with E-state index in [-0.39, 0.29) is 11.3 Å². The van der Waals surface area contributed by atoms with Crippen molar-refractivity contribution in [1.29, 1.82) is 0 Å². The molecule has 0 unspecified atom stereocenters. The number of nitrogens with zero attached hydrogens (tertiary/aromatic N) is 1. The normalized spacial score (nSPS) is 13.5. The SMILES string of the molecule is CCNC(=NCCNS(=O)(=O)CC)NC(C)(C)C. The molecule has 0 bridgehead atoms. The fourth-order valence-corrected chi connectivity index (χ4v) is 1.74. The van der Waals surface area contributed by atoms with Crippen molar-refractivity contribution < 1.29 is 8.42 Å². The highest BCUT2D eigenvalue weighted by molar-refractivity contribution is 7.89. The maximum atomic E-state index is 11.2. The smallest absolute Gasteiger partial charge is 0.211 e. The van der Waals surface area contributed by atoms with E-state index in [1.54, 1.807) is 6.92 Å². The van der Waals surface area contributed by atoms with Crippen LogP contribution in [0.15, 0.2) is 4.99 Å². The van der Waals surface area contributed by atoms with Crippen molar-refractivity contribution in [3.05, 3.63) is 0 Å². The molecule has 0 saturated heterocycles. The largest absolute Gasteiger partial charge is 0.357 e. The summed E-state index contributed by atoms with van der Waals surface area (Å²) in [6.07, 6.45) is 0. The van der Waals surface area contributed by atoms with Crippen LogP contribution in [0.2, 0.25) is 0 Å². The molecule has 3 N–H and O–H groups in total. The number of guanidine groups is 1. The molecule has 0 rings (SSSR count). The van der Waals surface area contributed by atoms with Crippen molar-refractivity contribution in [3.8, 4) is 0 Å². The molecule has 0 amide bonds. The molecule has 7 heteroatoms. The third kappa shape index (κ3) is 9.23. The number of hydrogen-bond acceptors (Lipinski definition) is 3. The molecule has 0 aromatic carbocycles. The van der Waals surface area contributed by atoms with E-state index in [9.17, 15) is 8.42 Å². The summed E-state index contributed by atoms with van der Waals surface area (Å²) in [5, 5.41) is 6.34. The van der Waals surface area contributed by atoms with Crippen LogP contribution in [-0.2, 0) is 10.0 Å². The highest BCUT2D eigenvalue weighted by Crippen LogP contribution is 1.97. The highest BCUT2D eigenvalue weighted by Gasteiger charge is 2.11. The number of rotatable bonds is 6.